The van der Waals surface area contributed by atoms with E-state index in [0.717, 1.165) is 26.2 Å². The molecule has 3 nitrogen and oxygen atoms in total. The minimum Gasteiger partial charge on any atom is -0.336 e. The Hall–Kier alpha value is -1.42. The quantitative estimate of drug-likeness (QED) is 0.777. The molecular weight excluding hydrogens is 243 g/mol. The van der Waals surface area contributed by atoms with E-state index < -0.39 is 0 Å². The summed E-state index contributed by atoms with van der Waals surface area (Å²) in [5, 5.41) is 0. The summed E-state index contributed by atoms with van der Waals surface area (Å²) in [6.07, 6.45) is 0. The van der Waals surface area contributed by atoms with Crippen molar-refractivity contribution in [2.75, 3.05) is 26.2 Å². The maximum atomic E-state index is 12.8. The summed E-state index contributed by atoms with van der Waals surface area (Å²) >= 11 is 0. The Kier molecular flexibility index (Phi) is 3.90. The second kappa shape index (κ2) is 5.29. The summed E-state index contributed by atoms with van der Waals surface area (Å²) < 4.78 is 12.8. The van der Waals surface area contributed by atoms with Crippen LogP contribution in [0.5, 0.6) is 0 Å². The maximum absolute atomic E-state index is 12.8. The Morgan fingerprint density at radius 1 is 1.05 bits per heavy atom. The number of hydrogen-bond donors (Lipinski definition) is 0. The van der Waals surface area contributed by atoms with Gasteiger partial charge in [-0.05, 0) is 45.0 Å². The first-order chi connectivity index (χ1) is 8.88. The van der Waals surface area contributed by atoms with E-state index in [-0.39, 0.29) is 17.3 Å². The lowest BCUT2D eigenvalue weighted by Crippen LogP contribution is -2.54. The molecule has 1 amide bonds. The van der Waals surface area contributed by atoms with Crippen LogP contribution in [0.25, 0.3) is 0 Å². The monoisotopic (exact) mass is 264 g/mol. The van der Waals surface area contributed by atoms with Crippen LogP contribution in [0.4, 0.5) is 4.39 Å². The largest absolute Gasteiger partial charge is 0.336 e. The molecule has 0 N–H and O–H groups in total. The number of piperazine rings is 1. The average molecular weight is 264 g/mol. The highest BCUT2D eigenvalue weighted by Crippen LogP contribution is 2.17. The summed E-state index contributed by atoms with van der Waals surface area (Å²) in [6.45, 7) is 9.78. The highest BCUT2D eigenvalue weighted by molar-refractivity contribution is 5.94. The molecule has 0 radical (unpaired) electrons. The van der Waals surface area contributed by atoms with Gasteiger partial charge in [0.25, 0.3) is 5.91 Å². The van der Waals surface area contributed by atoms with Crippen molar-refractivity contribution < 1.29 is 9.18 Å². The summed E-state index contributed by atoms with van der Waals surface area (Å²) in [6, 6.07) is 5.76. The molecule has 0 spiro atoms. The molecule has 2 rings (SSSR count). The van der Waals surface area contributed by atoms with Crippen molar-refractivity contribution in [3.8, 4) is 0 Å². The fraction of sp³-hybridized carbons (Fsp3) is 0.533. The van der Waals surface area contributed by atoms with Crippen LogP contribution in [0.3, 0.4) is 0 Å². The third kappa shape index (κ3) is 3.32. The molecule has 0 unspecified atom stereocenters. The van der Waals surface area contributed by atoms with Crippen molar-refractivity contribution in [1.82, 2.24) is 9.80 Å². The van der Waals surface area contributed by atoms with E-state index in [9.17, 15) is 9.18 Å². The van der Waals surface area contributed by atoms with Crippen LogP contribution in [0.2, 0.25) is 0 Å². The second-order valence-electron chi connectivity index (χ2n) is 5.96. The zero-order chi connectivity index (χ0) is 14.0. The number of amides is 1. The number of carbonyl (C=O) groups is 1. The van der Waals surface area contributed by atoms with E-state index in [1.54, 1.807) is 12.1 Å². The predicted molar refractivity (Wildman–Crippen MR) is 73.6 cm³/mol. The highest BCUT2D eigenvalue weighted by Gasteiger charge is 2.28. The predicted octanol–water partition coefficient (Wildman–Crippen LogP) is 2.38. The molecule has 1 fully saturated rings. The van der Waals surface area contributed by atoms with Crippen molar-refractivity contribution in [2.24, 2.45) is 0 Å². The van der Waals surface area contributed by atoms with E-state index in [2.05, 4.69) is 25.7 Å². The normalized spacial score (nSPS) is 17.6. The highest BCUT2D eigenvalue weighted by atomic mass is 19.1. The van der Waals surface area contributed by atoms with Crippen molar-refractivity contribution in [1.29, 1.82) is 0 Å². The van der Waals surface area contributed by atoms with Gasteiger partial charge in [0.1, 0.15) is 5.82 Å². The molecule has 0 saturated carbocycles. The van der Waals surface area contributed by atoms with Crippen LogP contribution in [-0.2, 0) is 0 Å². The molecule has 1 aliphatic heterocycles. The molecular formula is C15H21FN2O. The van der Waals surface area contributed by atoms with Gasteiger partial charge < -0.3 is 4.90 Å². The van der Waals surface area contributed by atoms with Gasteiger partial charge in [-0.15, -0.1) is 0 Å². The van der Waals surface area contributed by atoms with Gasteiger partial charge in [-0.2, -0.15) is 0 Å². The second-order valence-corrected chi connectivity index (χ2v) is 5.96. The first-order valence-corrected chi connectivity index (χ1v) is 6.68. The Morgan fingerprint density at radius 2 is 1.58 bits per heavy atom. The van der Waals surface area contributed by atoms with Crippen LogP contribution >= 0.6 is 0 Å². The van der Waals surface area contributed by atoms with E-state index in [0.29, 0.717) is 5.56 Å². The third-order valence-corrected chi connectivity index (χ3v) is 3.61. The Bertz CT molecular complexity index is 442. The van der Waals surface area contributed by atoms with Crippen LogP contribution in [0.15, 0.2) is 24.3 Å². The lowest BCUT2D eigenvalue weighted by molar-refractivity contribution is 0.0451. The van der Waals surface area contributed by atoms with E-state index >= 15 is 0 Å². The lowest BCUT2D eigenvalue weighted by Gasteiger charge is -2.42. The summed E-state index contributed by atoms with van der Waals surface area (Å²) in [7, 11) is 0. The molecule has 0 bridgehead atoms. The molecule has 104 valence electrons. The number of hydrogen-bond acceptors (Lipinski definition) is 2. The van der Waals surface area contributed by atoms with Gasteiger partial charge in [-0.3, -0.25) is 9.69 Å². The van der Waals surface area contributed by atoms with Gasteiger partial charge in [-0.25, -0.2) is 4.39 Å². The Balaban J connectivity index is 1.98. The molecule has 4 heteroatoms. The first-order valence-electron chi connectivity index (χ1n) is 6.68. The maximum Gasteiger partial charge on any atom is 0.253 e. The van der Waals surface area contributed by atoms with Crippen LogP contribution in [-0.4, -0.2) is 47.4 Å². The molecule has 1 aromatic rings. The Labute approximate surface area is 114 Å². The van der Waals surface area contributed by atoms with Crippen LogP contribution in [0, 0.1) is 5.82 Å². The van der Waals surface area contributed by atoms with Gasteiger partial charge in [-0.1, -0.05) is 0 Å². The lowest BCUT2D eigenvalue weighted by atomic mass is 10.0. The van der Waals surface area contributed by atoms with Crippen molar-refractivity contribution in [2.45, 2.75) is 26.3 Å². The molecule has 1 aliphatic rings. The van der Waals surface area contributed by atoms with Gasteiger partial charge in [0, 0.05) is 37.3 Å². The van der Waals surface area contributed by atoms with Crippen molar-refractivity contribution >= 4 is 5.91 Å². The zero-order valence-corrected chi connectivity index (χ0v) is 11.8. The zero-order valence-electron chi connectivity index (χ0n) is 11.8. The molecule has 0 aromatic heterocycles. The summed E-state index contributed by atoms with van der Waals surface area (Å²) in [5.74, 6) is -0.317. The number of rotatable bonds is 1. The van der Waals surface area contributed by atoms with Crippen LogP contribution in [0.1, 0.15) is 31.1 Å². The molecule has 19 heavy (non-hydrogen) atoms. The van der Waals surface area contributed by atoms with Crippen molar-refractivity contribution in [3.05, 3.63) is 35.6 Å². The third-order valence-electron chi connectivity index (χ3n) is 3.61. The number of halogens is 1. The molecule has 0 aliphatic carbocycles. The van der Waals surface area contributed by atoms with E-state index in [4.69, 9.17) is 0 Å². The smallest absolute Gasteiger partial charge is 0.253 e. The topological polar surface area (TPSA) is 23.6 Å². The minimum atomic E-state index is -0.311. The van der Waals surface area contributed by atoms with Gasteiger partial charge >= 0.3 is 0 Å². The first kappa shape index (κ1) is 14.0. The van der Waals surface area contributed by atoms with Gasteiger partial charge in [0.05, 0.1) is 0 Å². The number of carbonyl (C=O) groups excluding carboxylic acids is 1. The summed E-state index contributed by atoms with van der Waals surface area (Å²) in [4.78, 5) is 16.5. The molecule has 1 aromatic carbocycles. The van der Waals surface area contributed by atoms with Crippen molar-refractivity contribution in [3.63, 3.8) is 0 Å². The SMILES string of the molecule is CC(C)(C)N1CCN(C(=O)c2ccc(F)cc2)CC1. The van der Waals surface area contributed by atoms with Gasteiger partial charge in [0.15, 0.2) is 0 Å². The van der Waals surface area contributed by atoms with E-state index in [1.165, 1.54) is 12.1 Å². The van der Waals surface area contributed by atoms with Gasteiger partial charge in [0.2, 0.25) is 0 Å². The number of benzene rings is 1. The molecule has 1 heterocycles. The number of nitrogens with zero attached hydrogens (tertiary/aromatic N) is 2. The standard InChI is InChI=1S/C15H21FN2O/c1-15(2,3)18-10-8-17(9-11-18)14(19)12-4-6-13(16)7-5-12/h4-7H,8-11H2,1-3H3. The fourth-order valence-electron chi connectivity index (χ4n) is 2.36. The molecule has 1 saturated heterocycles. The fourth-order valence-corrected chi connectivity index (χ4v) is 2.36. The van der Waals surface area contributed by atoms with E-state index in [1.807, 2.05) is 4.90 Å². The summed E-state index contributed by atoms with van der Waals surface area (Å²) in [5.41, 5.74) is 0.705. The minimum absolute atomic E-state index is 0.00596. The average Bonchev–Trinajstić information content (AvgIpc) is 2.38. The molecule has 0 atom stereocenters. The van der Waals surface area contributed by atoms with Crippen LogP contribution < -0.4 is 0 Å². The Morgan fingerprint density at radius 3 is 2.05 bits per heavy atom.